The van der Waals surface area contributed by atoms with Crippen molar-refractivity contribution in [3.05, 3.63) is 433 Å². The fraction of sp³-hybridized carbons (Fsp3) is 0.123. The van der Waals surface area contributed by atoms with Crippen LogP contribution in [0.15, 0.2) is 365 Å². The first kappa shape index (κ1) is 107. The number of thiophene rings is 5. The maximum atomic E-state index is 12.8. The molecule has 32 heteroatoms. The van der Waals surface area contributed by atoms with Gasteiger partial charge in [-0.1, -0.05) is 172 Å². The lowest BCUT2D eigenvalue weighted by molar-refractivity contribution is -0.138. The molecule has 18 aromatic rings. The van der Waals surface area contributed by atoms with Crippen LogP contribution in [0.2, 0.25) is 5.02 Å². The molecule has 10 aromatic carbocycles. The van der Waals surface area contributed by atoms with Crippen LogP contribution in [0.3, 0.4) is 0 Å². The number of carbonyl (C=O) groups excluding carboxylic acids is 7. The molecule has 6 amide bonds. The number of pyridine rings is 2. The number of para-hydroxylation sites is 1. The Labute approximate surface area is 864 Å². The molecular formula is C114H97ClF6N10O10S5. The van der Waals surface area contributed by atoms with Gasteiger partial charge in [-0.15, -0.1) is 56.7 Å². The maximum absolute atomic E-state index is 12.8. The summed E-state index contributed by atoms with van der Waals surface area (Å²) in [5.74, 6) is 0.379. The third-order valence-corrected chi connectivity index (χ3v) is 27.2. The number of aromatic nitrogens is 4. The first-order valence-corrected chi connectivity index (χ1v) is 49.9. The molecule has 0 saturated carbocycles. The second-order valence-electron chi connectivity index (χ2n) is 34.2. The van der Waals surface area contributed by atoms with E-state index in [0.717, 1.165) is 99.2 Å². The van der Waals surface area contributed by atoms with E-state index in [-0.39, 0.29) is 46.8 Å². The number of Topliss-reactive ketones (excluding diaryl/α,β-unsaturated/α-hetero) is 1. The largest absolute Gasteiger partial charge is 0.508 e. The topological polar surface area (TPSA) is 296 Å². The monoisotopic (exact) mass is 2070 g/mol. The lowest BCUT2D eigenvalue weighted by Crippen LogP contribution is -2.27. The number of ether oxygens (including phenoxy) is 1. The first-order valence-electron chi connectivity index (χ1n) is 45.4. The van der Waals surface area contributed by atoms with Crippen LogP contribution < -0.4 is 31.9 Å². The van der Waals surface area contributed by atoms with E-state index in [1.807, 2.05) is 112 Å². The zero-order valence-corrected chi connectivity index (χ0v) is 84.5. The number of ketones is 1. The normalized spacial score (nSPS) is 11.0. The average Bonchev–Trinajstić information content (AvgIpc) is 1.73. The number of amides is 6. The predicted molar refractivity (Wildman–Crippen MR) is 576 cm³/mol. The second kappa shape index (κ2) is 50.3. The van der Waals surface area contributed by atoms with E-state index in [0.29, 0.717) is 92.9 Å². The molecule has 0 fully saturated rings. The number of benzene rings is 10. The van der Waals surface area contributed by atoms with Crippen LogP contribution >= 0.6 is 68.3 Å². The van der Waals surface area contributed by atoms with Crippen molar-refractivity contribution in [2.75, 3.05) is 31.9 Å². The molecule has 9 N–H and O–H groups in total. The van der Waals surface area contributed by atoms with Crippen molar-refractivity contribution >= 4 is 144 Å². The summed E-state index contributed by atoms with van der Waals surface area (Å²) < 4.78 is 81.4. The van der Waals surface area contributed by atoms with Crippen molar-refractivity contribution in [2.45, 2.75) is 91.6 Å². The Hall–Kier alpha value is -16.0. The highest BCUT2D eigenvalue weighted by molar-refractivity contribution is 7.19. The fourth-order valence-electron chi connectivity index (χ4n) is 13.7. The van der Waals surface area contributed by atoms with Gasteiger partial charge in [0.25, 0.3) is 29.5 Å². The Kier molecular flexibility index (Phi) is 36.9. The number of H-pyrrole nitrogens is 1. The number of hydrogen-bond donors (Lipinski definition) is 9. The summed E-state index contributed by atoms with van der Waals surface area (Å²) in [6.07, 6.45) is -2.68. The summed E-state index contributed by atoms with van der Waals surface area (Å²) >= 11 is 12.6. The molecule has 0 spiro atoms. The molecule has 0 radical (unpaired) electrons. The van der Waals surface area contributed by atoms with Gasteiger partial charge >= 0.3 is 18.4 Å². The Morgan fingerprint density at radius 1 is 0.363 bits per heavy atom. The number of carbonyl (C=O) groups is 7. The molecule has 742 valence electrons. The number of aromatic hydroxyl groups is 2. The molecule has 0 aliphatic carbocycles. The predicted octanol–water partition coefficient (Wildman–Crippen LogP) is 31.6. The highest BCUT2D eigenvalue weighted by Crippen LogP contribution is 2.40. The van der Waals surface area contributed by atoms with Crippen molar-refractivity contribution in [1.82, 2.24) is 20.2 Å². The van der Waals surface area contributed by atoms with Crippen LogP contribution in [0.5, 0.6) is 11.5 Å². The van der Waals surface area contributed by atoms with E-state index in [1.54, 1.807) is 158 Å². The number of alkyl halides is 6. The van der Waals surface area contributed by atoms with Crippen molar-refractivity contribution in [3.8, 4) is 75.0 Å². The molecule has 20 nitrogen and oxygen atoms in total. The molecule has 8 aromatic heterocycles. The number of nitrogens with zero attached hydrogens (tertiary/aromatic N) is 3. The van der Waals surface area contributed by atoms with Gasteiger partial charge in [-0.2, -0.15) is 31.4 Å². The number of aryl methyl sites for hydroxylation is 1. The van der Waals surface area contributed by atoms with Crippen LogP contribution in [-0.2, 0) is 23.5 Å². The molecule has 0 bridgehead atoms. The fourth-order valence-corrected chi connectivity index (χ4v) is 18.3. The first-order chi connectivity index (χ1) is 69.8. The van der Waals surface area contributed by atoms with Crippen LogP contribution in [0.4, 0.5) is 65.3 Å². The van der Waals surface area contributed by atoms with Crippen LogP contribution in [0, 0.1) is 6.92 Å². The molecule has 146 heavy (non-hydrogen) atoms. The third-order valence-electron chi connectivity index (χ3n) is 21.3. The van der Waals surface area contributed by atoms with Crippen LogP contribution in [-0.4, -0.2) is 77.4 Å². The summed E-state index contributed by atoms with van der Waals surface area (Å²) in [6, 6.07) is 98.3. The minimum atomic E-state index is -4.39. The minimum absolute atomic E-state index is 0.00447. The van der Waals surface area contributed by atoms with Crippen molar-refractivity contribution < 1.29 is 74.9 Å². The molecule has 18 rings (SSSR count). The number of aromatic amines is 1. The van der Waals surface area contributed by atoms with Gasteiger partial charge in [-0.05, 0) is 296 Å². The number of halogens is 7. The number of hydrogen-bond acceptors (Lipinski definition) is 18. The summed E-state index contributed by atoms with van der Waals surface area (Å²) in [6.45, 7) is 16.2. The van der Waals surface area contributed by atoms with E-state index in [2.05, 4.69) is 141 Å². The molecular weight excluding hydrogens is 1980 g/mol. The Morgan fingerprint density at radius 3 is 1.18 bits per heavy atom. The number of nitrogens with one attached hydrogen (secondary N) is 7. The smallest absolute Gasteiger partial charge is 0.416 e. The van der Waals surface area contributed by atoms with Crippen molar-refractivity contribution in [3.63, 3.8) is 0 Å². The molecule has 0 unspecified atom stereocenters. The quantitative estimate of drug-likeness (QED) is 0.0173. The highest BCUT2D eigenvalue weighted by atomic mass is 35.5. The summed E-state index contributed by atoms with van der Waals surface area (Å²) in [5.41, 5.74) is 13.1. The Balaban J connectivity index is 0.000000147. The van der Waals surface area contributed by atoms with Gasteiger partial charge in [-0.3, -0.25) is 49.2 Å². The van der Waals surface area contributed by atoms with Gasteiger partial charge in [0.05, 0.1) is 53.1 Å². The second-order valence-corrected chi connectivity index (χ2v) is 40.1. The Bertz CT molecular complexity index is 7420. The van der Waals surface area contributed by atoms with Gasteiger partial charge in [0, 0.05) is 88.4 Å². The maximum Gasteiger partial charge on any atom is 0.416 e. The minimum Gasteiger partial charge on any atom is -0.508 e. The molecule has 0 aliphatic heterocycles. The molecule has 0 saturated heterocycles. The van der Waals surface area contributed by atoms with E-state index in [4.69, 9.17) is 16.3 Å². The van der Waals surface area contributed by atoms with E-state index < -0.39 is 35.2 Å². The van der Waals surface area contributed by atoms with Gasteiger partial charge in [-0.25, -0.2) is 4.79 Å². The Morgan fingerprint density at radius 2 is 0.740 bits per heavy atom. The SMILES string of the molecule is CC(C)(C)OC(=O)Nc1ccc(-c2ccc(C(=O)Nc3ccc(O)cc3)s2)cc1.CC(C)c1ccc(-c2ccc(C(=O)Nc3ccccc3)s2)cc1.CC(C)c1ccc(CC(=O)c2cc(-c3ccc(O)cc3)n[nH]2)cc1.Cc1cccc(-c2ccc(C(=O)Nc3ccc(Cl)cc3)s2)c1.O=C(Nc1cccnc1)c1ccc(-c2ccc(C(F)(F)F)cc2)s1.O=C(Nc1ccncc1)c1ccc(-c2cccc(C(F)(F)F)c2)s1. The molecule has 0 atom stereocenters. The lowest BCUT2D eigenvalue weighted by Gasteiger charge is -2.19. The standard InChI is InChI=1S/C22H22N2O4S.C20H20N2O2.C20H19NOS.C18H14ClNOS.2C17H11F3N2OS/c1-22(2,3)28-21(27)24-16-6-4-14(5-7-16)18-12-13-19(29-18)20(26)23-15-8-10-17(25)11-9-15;1-13(2)15-5-3-14(4-6-15)11-20(24)19-12-18(21-22-19)16-7-9-17(23)10-8-16;1-14(2)15-8-10-16(11-9-15)18-12-13-19(23-18)20(22)21-17-6-4-3-5-7-17;1-12-3-2-4-13(11-12)16-9-10-17(22-16)18(21)20-15-7-5-14(19)6-8-15;18-17(19,20)12-5-3-11(4-6-12)14-7-8-15(24-14)16(23)22-13-2-1-9-21-10-13;18-17(19,20)12-3-1-2-11(10-12)14-4-5-15(24-14)16(23)22-13-6-8-21-9-7-13/h4-13,25H,1-3H3,(H,23,26)(H,24,27);3-10,12-13,23H,11H2,1-2H3,(H,21,22);3-14H,1-2H3,(H,21,22);2-11H,1H3,(H,20,21);1-10H,(H,22,23);1-10H,(H,21,22,23). The summed E-state index contributed by atoms with van der Waals surface area (Å²) in [7, 11) is 0. The molecule has 0 aliphatic rings. The average molecular weight is 2080 g/mol. The van der Waals surface area contributed by atoms with Crippen molar-refractivity contribution in [1.29, 1.82) is 0 Å². The van der Waals surface area contributed by atoms with Gasteiger partial charge in [0.2, 0.25) is 0 Å². The van der Waals surface area contributed by atoms with Gasteiger partial charge < -0.3 is 41.5 Å². The number of phenolic OH excluding ortho intramolecular Hbond substituents is 2. The summed E-state index contributed by atoms with van der Waals surface area (Å²) in [4.78, 5) is 101. The van der Waals surface area contributed by atoms with E-state index in [1.165, 1.54) is 98.6 Å². The zero-order chi connectivity index (χ0) is 104. The van der Waals surface area contributed by atoms with Gasteiger partial charge in [0.15, 0.2) is 5.78 Å². The number of phenols is 2. The van der Waals surface area contributed by atoms with Gasteiger partial charge in [0.1, 0.15) is 22.8 Å². The van der Waals surface area contributed by atoms with Crippen molar-refractivity contribution in [2.24, 2.45) is 0 Å². The zero-order valence-electron chi connectivity index (χ0n) is 79.7. The number of anilines is 6. The van der Waals surface area contributed by atoms with Crippen LogP contribution in [0.25, 0.3) is 63.5 Å². The van der Waals surface area contributed by atoms with E-state index >= 15 is 0 Å². The van der Waals surface area contributed by atoms with E-state index in [9.17, 15) is 70.1 Å². The van der Waals surface area contributed by atoms with Crippen LogP contribution in [0.1, 0.15) is 153 Å². The highest BCUT2D eigenvalue weighted by Gasteiger charge is 2.32. The number of rotatable bonds is 22. The summed E-state index contributed by atoms with van der Waals surface area (Å²) in [5, 5.41) is 43.0. The third kappa shape index (κ3) is 32.2. The lowest BCUT2D eigenvalue weighted by atomic mass is 9.99. The molecule has 8 heterocycles.